The lowest BCUT2D eigenvalue weighted by molar-refractivity contribution is 0.0448. The number of rotatable bonds is 10. The number of ether oxygens (including phenoxy) is 2. The highest BCUT2D eigenvalue weighted by molar-refractivity contribution is 5.20. The first-order valence-corrected chi connectivity index (χ1v) is 6.83. The molecule has 18 heavy (non-hydrogen) atoms. The maximum absolute atomic E-state index is 5.66. The van der Waals surface area contributed by atoms with Gasteiger partial charge in [-0.05, 0) is 32.0 Å². The molecule has 1 N–H and O–H groups in total. The van der Waals surface area contributed by atoms with Crippen LogP contribution < -0.4 is 10.1 Å². The maximum Gasteiger partial charge on any atom is 0.119 e. The van der Waals surface area contributed by atoms with Gasteiger partial charge < -0.3 is 14.8 Å². The van der Waals surface area contributed by atoms with Crippen molar-refractivity contribution in [3.63, 3.8) is 0 Å². The van der Waals surface area contributed by atoms with Gasteiger partial charge in [-0.2, -0.15) is 0 Å². The molecule has 3 heteroatoms. The molecule has 1 atom stereocenters. The third kappa shape index (κ3) is 7.30. The van der Waals surface area contributed by atoms with Crippen molar-refractivity contribution in [1.82, 2.24) is 5.32 Å². The monoisotopic (exact) mass is 251 g/mol. The molecular formula is C15H25NO2. The summed E-state index contributed by atoms with van der Waals surface area (Å²) in [7, 11) is 0. The largest absolute Gasteiger partial charge is 0.491 e. The zero-order valence-electron chi connectivity index (χ0n) is 11.5. The SMILES string of the molecule is CCCCNCC(C)OCCOc1ccccc1. The van der Waals surface area contributed by atoms with E-state index < -0.39 is 0 Å². The Morgan fingerprint density at radius 1 is 1.17 bits per heavy atom. The highest BCUT2D eigenvalue weighted by Gasteiger charge is 2.01. The van der Waals surface area contributed by atoms with Gasteiger partial charge in [-0.1, -0.05) is 31.5 Å². The summed E-state index contributed by atoms with van der Waals surface area (Å²) >= 11 is 0. The summed E-state index contributed by atoms with van der Waals surface area (Å²) in [6.45, 7) is 7.49. The third-order valence-electron chi connectivity index (χ3n) is 2.64. The van der Waals surface area contributed by atoms with Gasteiger partial charge in [0.15, 0.2) is 0 Å². The van der Waals surface area contributed by atoms with E-state index in [9.17, 15) is 0 Å². The fourth-order valence-electron chi connectivity index (χ4n) is 1.59. The first-order chi connectivity index (χ1) is 8.83. The van der Waals surface area contributed by atoms with Crippen molar-refractivity contribution in [2.24, 2.45) is 0 Å². The van der Waals surface area contributed by atoms with Crippen molar-refractivity contribution >= 4 is 0 Å². The lowest BCUT2D eigenvalue weighted by atomic mass is 10.3. The molecule has 0 heterocycles. The molecular weight excluding hydrogens is 226 g/mol. The van der Waals surface area contributed by atoms with Gasteiger partial charge >= 0.3 is 0 Å². The van der Waals surface area contributed by atoms with E-state index >= 15 is 0 Å². The second-order valence-electron chi connectivity index (χ2n) is 4.40. The minimum absolute atomic E-state index is 0.237. The third-order valence-corrected chi connectivity index (χ3v) is 2.64. The van der Waals surface area contributed by atoms with Gasteiger partial charge in [0, 0.05) is 6.54 Å². The van der Waals surface area contributed by atoms with E-state index in [1.165, 1.54) is 12.8 Å². The van der Waals surface area contributed by atoms with Crippen molar-refractivity contribution in [3.05, 3.63) is 30.3 Å². The molecule has 0 saturated heterocycles. The topological polar surface area (TPSA) is 30.5 Å². The van der Waals surface area contributed by atoms with Crippen molar-refractivity contribution in [2.45, 2.75) is 32.8 Å². The zero-order valence-corrected chi connectivity index (χ0v) is 11.5. The quantitative estimate of drug-likeness (QED) is 0.649. The Hall–Kier alpha value is -1.06. The molecule has 1 aromatic carbocycles. The van der Waals surface area contributed by atoms with Crippen molar-refractivity contribution < 1.29 is 9.47 Å². The normalized spacial score (nSPS) is 12.3. The molecule has 0 aliphatic rings. The smallest absolute Gasteiger partial charge is 0.119 e. The Morgan fingerprint density at radius 3 is 2.67 bits per heavy atom. The second kappa shape index (κ2) is 9.92. The molecule has 0 aromatic heterocycles. The highest BCUT2D eigenvalue weighted by Crippen LogP contribution is 2.07. The summed E-state index contributed by atoms with van der Waals surface area (Å²) < 4.78 is 11.2. The standard InChI is InChI=1S/C15H25NO2/c1-3-4-10-16-13-14(2)17-11-12-18-15-8-6-5-7-9-15/h5-9,14,16H,3-4,10-13H2,1-2H3. The van der Waals surface area contributed by atoms with E-state index in [2.05, 4.69) is 19.2 Å². The molecule has 0 saturated carbocycles. The van der Waals surface area contributed by atoms with Crippen LogP contribution in [0.3, 0.4) is 0 Å². The van der Waals surface area contributed by atoms with Gasteiger partial charge in [-0.15, -0.1) is 0 Å². The van der Waals surface area contributed by atoms with E-state index in [4.69, 9.17) is 9.47 Å². The van der Waals surface area contributed by atoms with Crippen LogP contribution in [0.5, 0.6) is 5.75 Å². The van der Waals surface area contributed by atoms with Gasteiger partial charge in [0.1, 0.15) is 12.4 Å². The number of unbranched alkanes of at least 4 members (excludes halogenated alkanes) is 1. The van der Waals surface area contributed by atoms with E-state index in [1.54, 1.807) is 0 Å². The Morgan fingerprint density at radius 2 is 1.94 bits per heavy atom. The number of nitrogens with one attached hydrogen (secondary N) is 1. The van der Waals surface area contributed by atoms with Crippen LogP contribution in [0.2, 0.25) is 0 Å². The molecule has 0 spiro atoms. The van der Waals surface area contributed by atoms with Crippen LogP contribution in [0, 0.1) is 0 Å². The lowest BCUT2D eigenvalue weighted by Crippen LogP contribution is -2.28. The Labute approximate surface area is 110 Å². The summed E-state index contributed by atoms with van der Waals surface area (Å²) in [4.78, 5) is 0. The van der Waals surface area contributed by atoms with E-state index in [0.29, 0.717) is 13.2 Å². The average Bonchev–Trinajstić information content (AvgIpc) is 2.41. The van der Waals surface area contributed by atoms with Gasteiger partial charge in [0.05, 0.1) is 12.7 Å². The van der Waals surface area contributed by atoms with E-state index in [1.807, 2.05) is 30.3 Å². The van der Waals surface area contributed by atoms with Crippen LogP contribution in [0.1, 0.15) is 26.7 Å². The zero-order chi connectivity index (χ0) is 13.1. The number of benzene rings is 1. The van der Waals surface area contributed by atoms with Gasteiger partial charge in [-0.25, -0.2) is 0 Å². The number of para-hydroxylation sites is 1. The predicted octanol–water partition coefficient (Wildman–Crippen LogP) is 2.86. The molecule has 1 aromatic rings. The van der Waals surface area contributed by atoms with Crippen LogP contribution in [-0.4, -0.2) is 32.4 Å². The van der Waals surface area contributed by atoms with Crippen LogP contribution >= 0.6 is 0 Å². The lowest BCUT2D eigenvalue weighted by Gasteiger charge is -2.14. The predicted molar refractivity (Wildman–Crippen MR) is 75.1 cm³/mol. The first kappa shape index (κ1) is 15.0. The van der Waals surface area contributed by atoms with Crippen molar-refractivity contribution in [1.29, 1.82) is 0 Å². The Balaban J connectivity index is 1.97. The molecule has 1 rings (SSSR count). The molecule has 0 fully saturated rings. The fourth-order valence-corrected chi connectivity index (χ4v) is 1.59. The van der Waals surface area contributed by atoms with Crippen LogP contribution in [0.15, 0.2) is 30.3 Å². The Kier molecular flexibility index (Phi) is 8.26. The summed E-state index contributed by atoms with van der Waals surface area (Å²) in [5.74, 6) is 0.898. The average molecular weight is 251 g/mol. The molecule has 0 bridgehead atoms. The second-order valence-corrected chi connectivity index (χ2v) is 4.40. The Bertz CT molecular complexity index is 290. The van der Waals surface area contributed by atoms with Gasteiger partial charge in [0.2, 0.25) is 0 Å². The molecule has 0 aliphatic carbocycles. The number of hydrogen-bond acceptors (Lipinski definition) is 3. The number of hydrogen-bond donors (Lipinski definition) is 1. The summed E-state index contributed by atoms with van der Waals surface area (Å²) in [6, 6.07) is 9.83. The highest BCUT2D eigenvalue weighted by atomic mass is 16.5. The summed E-state index contributed by atoms with van der Waals surface area (Å²) in [5, 5.41) is 3.38. The fraction of sp³-hybridized carbons (Fsp3) is 0.600. The van der Waals surface area contributed by atoms with Crippen molar-refractivity contribution in [2.75, 3.05) is 26.3 Å². The van der Waals surface area contributed by atoms with Gasteiger partial charge in [0.25, 0.3) is 0 Å². The molecule has 3 nitrogen and oxygen atoms in total. The first-order valence-electron chi connectivity index (χ1n) is 6.83. The van der Waals surface area contributed by atoms with E-state index in [-0.39, 0.29) is 6.10 Å². The van der Waals surface area contributed by atoms with Crippen LogP contribution in [-0.2, 0) is 4.74 Å². The minimum Gasteiger partial charge on any atom is -0.491 e. The maximum atomic E-state index is 5.66. The van der Waals surface area contributed by atoms with Crippen LogP contribution in [0.4, 0.5) is 0 Å². The molecule has 0 amide bonds. The summed E-state index contributed by atoms with van der Waals surface area (Å²) in [6.07, 6.45) is 2.69. The molecule has 1 unspecified atom stereocenters. The molecule has 0 aliphatic heterocycles. The van der Waals surface area contributed by atoms with Gasteiger partial charge in [-0.3, -0.25) is 0 Å². The van der Waals surface area contributed by atoms with Crippen molar-refractivity contribution in [3.8, 4) is 5.75 Å². The molecule has 102 valence electrons. The minimum atomic E-state index is 0.237. The molecule has 0 radical (unpaired) electrons. The van der Waals surface area contributed by atoms with Crippen LogP contribution in [0.25, 0.3) is 0 Å². The van der Waals surface area contributed by atoms with E-state index in [0.717, 1.165) is 18.8 Å². The summed E-state index contributed by atoms with van der Waals surface area (Å²) in [5.41, 5.74) is 0.